The van der Waals surface area contributed by atoms with Crippen LogP contribution in [0.15, 0.2) is 29.3 Å². The fraction of sp³-hybridized carbons (Fsp3) is 0.611. The van der Waals surface area contributed by atoms with Crippen LogP contribution in [0.25, 0.3) is 0 Å². The van der Waals surface area contributed by atoms with Crippen LogP contribution in [0.4, 0.5) is 0 Å². The van der Waals surface area contributed by atoms with Crippen molar-refractivity contribution < 1.29 is 4.74 Å². The smallest absolute Gasteiger partial charge is 0.191 e. The van der Waals surface area contributed by atoms with Gasteiger partial charge in [-0.15, -0.1) is 24.0 Å². The summed E-state index contributed by atoms with van der Waals surface area (Å²) in [7, 11) is 1.81. The molecule has 24 heavy (non-hydrogen) atoms. The molecule has 0 bridgehead atoms. The Balaban J connectivity index is 0.00000288. The number of guanidine groups is 1. The second-order valence-corrected chi connectivity index (χ2v) is 6.73. The summed E-state index contributed by atoms with van der Waals surface area (Å²) in [6.07, 6.45) is 3.66. The number of hydrogen-bond acceptors (Lipinski definition) is 2. The number of benzene rings is 1. The van der Waals surface area contributed by atoms with Gasteiger partial charge < -0.3 is 15.4 Å². The number of hydrogen-bond donors (Lipinski definition) is 2. The molecule has 1 saturated carbocycles. The zero-order chi connectivity index (χ0) is 16.7. The van der Waals surface area contributed by atoms with Crippen molar-refractivity contribution in [3.05, 3.63) is 34.9 Å². The summed E-state index contributed by atoms with van der Waals surface area (Å²) in [6, 6.07) is 8.07. The zero-order valence-corrected chi connectivity index (χ0v) is 17.9. The van der Waals surface area contributed by atoms with Crippen molar-refractivity contribution in [3.63, 3.8) is 0 Å². The lowest BCUT2D eigenvalue weighted by molar-refractivity contribution is 0.128. The van der Waals surface area contributed by atoms with Gasteiger partial charge in [-0.25, -0.2) is 0 Å². The molecule has 1 aliphatic carbocycles. The topological polar surface area (TPSA) is 45.6 Å². The molecule has 0 heterocycles. The van der Waals surface area contributed by atoms with E-state index < -0.39 is 0 Å². The van der Waals surface area contributed by atoms with E-state index in [0.717, 1.165) is 42.7 Å². The Kier molecular flexibility index (Phi) is 9.37. The molecule has 0 saturated heterocycles. The molecule has 0 aromatic heterocycles. The molecule has 1 unspecified atom stereocenters. The number of halogens is 2. The molecule has 1 aromatic rings. The molecule has 1 aliphatic rings. The number of nitrogens with zero attached hydrogens (tertiary/aromatic N) is 1. The minimum absolute atomic E-state index is 0. The van der Waals surface area contributed by atoms with Crippen LogP contribution in [0.3, 0.4) is 0 Å². The van der Waals surface area contributed by atoms with Gasteiger partial charge in [0.2, 0.25) is 0 Å². The van der Waals surface area contributed by atoms with Gasteiger partial charge in [-0.1, -0.05) is 23.7 Å². The zero-order valence-electron chi connectivity index (χ0n) is 14.8. The van der Waals surface area contributed by atoms with Gasteiger partial charge in [0.05, 0.1) is 6.04 Å². The van der Waals surface area contributed by atoms with E-state index >= 15 is 0 Å². The quantitative estimate of drug-likeness (QED) is 0.259. The maximum atomic E-state index is 6.06. The van der Waals surface area contributed by atoms with E-state index in [0.29, 0.717) is 5.41 Å². The van der Waals surface area contributed by atoms with Gasteiger partial charge >= 0.3 is 0 Å². The molecule has 4 nitrogen and oxygen atoms in total. The summed E-state index contributed by atoms with van der Waals surface area (Å²) in [5, 5.41) is 7.65. The monoisotopic (exact) mass is 465 g/mol. The first-order chi connectivity index (χ1) is 11.1. The van der Waals surface area contributed by atoms with Gasteiger partial charge in [0.25, 0.3) is 0 Å². The van der Waals surface area contributed by atoms with Crippen molar-refractivity contribution in [2.75, 3.05) is 26.8 Å². The molecule has 136 valence electrons. The van der Waals surface area contributed by atoms with Crippen molar-refractivity contribution >= 4 is 41.5 Å². The van der Waals surface area contributed by atoms with Crippen molar-refractivity contribution in [1.29, 1.82) is 0 Å². The van der Waals surface area contributed by atoms with Gasteiger partial charge in [0.15, 0.2) is 5.96 Å². The van der Waals surface area contributed by atoms with Gasteiger partial charge in [-0.3, -0.25) is 4.99 Å². The van der Waals surface area contributed by atoms with Crippen LogP contribution in [0.2, 0.25) is 5.02 Å². The summed E-state index contributed by atoms with van der Waals surface area (Å²) in [5.74, 6) is 0.833. The van der Waals surface area contributed by atoms with E-state index in [1.807, 2.05) is 25.1 Å². The van der Waals surface area contributed by atoms with Gasteiger partial charge in [-0.05, 0) is 56.2 Å². The summed E-state index contributed by atoms with van der Waals surface area (Å²) >= 11 is 6.06. The minimum Gasteiger partial charge on any atom is -0.382 e. The van der Waals surface area contributed by atoms with E-state index in [1.165, 1.54) is 12.8 Å². The Morgan fingerprint density at radius 3 is 2.75 bits per heavy atom. The highest BCUT2D eigenvalue weighted by Gasteiger charge is 2.41. The van der Waals surface area contributed by atoms with E-state index in [9.17, 15) is 0 Å². The maximum Gasteiger partial charge on any atom is 0.191 e. The van der Waals surface area contributed by atoms with Crippen molar-refractivity contribution in [3.8, 4) is 0 Å². The number of ether oxygens (including phenoxy) is 1. The largest absolute Gasteiger partial charge is 0.382 e. The van der Waals surface area contributed by atoms with Crippen LogP contribution in [-0.2, 0) is 4.74 Å². The van der Waals surface area contributed by atoms with Crippen LogP contribution in [0, 0.1) is 5.41 Å². The van der Waals surface area contributed by atoms with Crippen LogP contribution in [0.5, 0.6) is 0 Å². The Labute approximate surface area is 167 Å². The Morgan fingerprint density at radius 2 is 2.17 bits per heavy atom. The second-order valence-electron chi connectivity index (χ2n) is 6.29. The summed E-state index contributed by atoms with van der Waals surface area (Å²) in [4.78, 5) is 4.33. The van der Waals surface area contributed by atoms with E-state index in [2.05, 4.69) is 28.6 Å². The molecule has 1 atom stereocenters. The van der Waals surface area contributed by atoms with Crippen LogP contribution < -0.4 is 10.6 Å². The molecule has 0 amide bonds. The molecule has 0 radical (unpaired) electrons. The summed E-state index contributed by atoms with van der Waals surface area (Å²) in [6.45, 7) is 6.75. The molecular weight excluding hydrogens is 437 g/mol. The third-order valence-electron chi connectivity index (χ3n) is 4.49. The van der Waals surface area contributed by atoms with Gasteiger partial charge in [0, 0.05) is 31.8 Å². The van der Waals surface area contributed by atoms with E-state index in [1.54, 1.807) is 7.05 Å². The molecule has 1 fully saturated rings. The maximum absolute atomic E-state index is 6.06. The third-order valence-corrected chi connectivity index (χ3v) is 4.73. The SMILES string of the molecule is CCOCCC1(CNC(=NC)NC(C)c2cccc(Cl)c2)CC1.I. The lowest BCUT2D eigenvalue weighted by Crippen LogP contribution is -2.41. The second kappa shape index (κ2) is 10.5. The summed E-state index contributed by atoms with van der Waals surface area (Å²) in [5.41, 5.74) is 1.55. The third kappa shape index (κ3) is 6.76. The Morgan fingerprint density at radius 1 is 1.42 bits per heavy atom. The minimum atomic E-state index is 0. The molecule has 0 aliphatic heterocycles. The van der Waals surface area contributed by atoms with Crippen molar-refractivity contribution in [2.24, 2.45) is 10.4 Å². The van der Waals surface area contributed by atoms with Crippen molar-refractivity contribution in [2.45, 2.75) is 39.2 Å². The standard InChI is InChI=1S/C18H28ClN3O.HI/c1-4-23-11-10-18(8-9-18)13-21-17(20-3)22-14(2)15-6-5-7-16(19)12-15;/h5-7,12,14H,4,8-11,13H2,1-3H3,(H2,20,21,22);1H. The predicted octanol–water partition coefficient (Wildman–Crippen LogP) is 4.39. The first-order valence-electron chi connectivity index (χ1n) is 8.39. The highest BCUT2D eigenvalue weighted by Crippen LogP contribution is 2.48. The molecule has 2 N–H and O–H groups in total. The van der Waals surface area contributed by atoms with E-state index in [4.69, 9.17) is 16.3 Å². The van der Waals surface area contributed by atoms with Gasteiger partial charge in [-0.2, -0.15) is 0 Å². The highest BCUT2D eigenvalue weighted by molar-refractivity contribution is 14.0. The molecule has 6 heteroatoms. The number of rotatable bonds is 8. The fourth-order valence-electron chi connectivity index (χ4n) is 2.66. The average molecular weight is 466 g/mol. The Bertz CT molecular complexity index is 535. The molecular formula is C18H29ClIN3O. The molecule has 2 rings (SSSR count). The molecule has 1 aromatic carbocycles. The molecule has 0 spiro atoms. The number of nitrogens with one attached hydrogen (secondary N) is 2. The fourth-order valence-corrected chi connectivity index (χ4v) is 2.85. The summed E-state index contributed by atoms with van der Waals surface area (Å²) < 4.78 is 5.49. The van der Waals surface area contributed by atoms with Crippen LogP contribution in [-0.4, -0.2) is 32.8 Å². The highest BCUT2D eigenvalue weighted by atomic mass is 127. The first-order valence-corrected chi connectivity index (χ1v) is 8.77. The van der Waals surface area contributed by atoms with Crippen molar-refractivity contribution in [1.82, 2.24) is 10.6 Å². The normalized spacial score (nSPS) is 16.9. The van der Waals surface area contributed by atoms with Crippen LogP contribution >= 0.6 is 35.6 Å². The Hall–Kier alpha value is -0.530. The van der Waals surface area contributed by atoms with Crippen LogP contribution in [0.1, 0.15) is 44.7 Å². The van der Waals surface area contributed by atoms with Gasteiger partial charge in [0.1, 0.15) is 0 Å². The number of aliphatic imine (C=N–C) groups is 1. The average Bonchev–Trinajstić information content (AvgIpc) is 3.31. The van der Waals surface area contributed by atoms with E-state index in [-0.39, 0.29) is 30.0 Å². The lowest BCUT2D eigenvalue weighted by Gasteiger charge is -2.21. The lowest BCUT2D eigenvalue weighted by atomic mass is 10.0. The predicted molar refractivity (Wildman–Crippen MR) is 113 cm³/mol. The first kappa shape index (κ1) is 21.5.